The van der Waals surface area contributed by atoms with Gasteiger partial charge in [-0.25, -0.2) is 0 Å². The van der Waals surface area contributed by atoms with Gasteiger partial charge in [-0.15, -0.1) is 0 Å². The van der Waals surface area contributed by atoms with Crippen molar-refractivity contribution >= 4 is 67.3 Å². The predicted molar refractivity (Wildman–Crippen MR) is 90.7 cm³/mol. The van der Waals surface area contributed by atoms with E-state index in [-0.39, 0.29) is 478 Å². The maximum atomic E-state index is 0. The third kappa shape index (κ3) is 106. The molecule has 0 aromatic carbocycles. The molecule has 0 N–H and O–H groups in total. The molecule has 16 heteroatoms. The average Bonchev–Trinajstić information content (AvgIpc) is 0. The molecule has 0 heterocycles. The summed E-state index contributed by atoms with van der Waals surface area (Å²) in [6.07, 6.45) is 0. The first kappa shape index (κ1) is 131. The van der Waals surface area contributed by atoms with Crippen molar-refractivity contribution in [3.63, 3.8) is 0 Å². The molecule has 0 rings (SSSR count). The second-order valence-corrected chi connectivity index (χ2v) is 0. The molecule has 0 unspecified atom stereocenters. The maximum absolute atomic E-state index is 0. The quantitative estimate of drug-likeness (QED) is 0.335. The van der Waals surface area contributed by atoms with Crippen molar-refractivity contribution < 1.29 is 411 Å². The minimum Gasteiger partial charge on any atom is -0.0626 e. The van der Waals surface area contributed by atoms with Gasteiger partial charge in [0.1, 0.15) is 0 Å². The van der Waals surface area contributed by atoms with Crippen molar-refractivity contribution in [1.29, 1.82) is 0 Å². The maximum Gasteiger partial charge on any atom is 1.00 e. The topological polar surface area (TPSA) is 0 Å². The summed E-state index contributed by atoms with van der Waals surface area (Å²) in [6, 6.07) is 0. The summed E-state index contributed by atoms with van der Waals surface area (Å²) in [5.74, 6) is 0. The van der Waals surface area contributed by atoms with Gasteiger partial charge in [0.15, 0.2) is 0 Å². The van der Waals surface area contributed by atoms with Crippen LogP contribution >= 0.6 is 0 Å². The van der Waals surface area contributed by atoms with Gasteiger partial charge in [0.05, 0.1) is 0 Å². The first-order chi connectivity index (χ1) is 0. The van der Waals surface area contributed by atoms with Crippen LogP contribution in [0.25, 0.3) is 0 Å². The molecule has 0 radical (unpaired) electrons. The average molecular weight is 432 g/mol. The molecule has 16 heavy (non-hydrogen) atoms. The third-order valence-electron chi connectivity index (χ3n) is 0. The van der Waals surface area contributed by atoms with E-state index >= 15 is 0 Å². The van der Waals surface area contributed by atoms with Gasteiger partial charge in [0.25, 0.3) is 0 Å². The fraction of sp³-hybridized carbons (Fsp3) is 0. The molecule has 0 bridgehead atoms. The van der Waals surface area contributed by atoms with E-state index in [2.05, 4.69) is 0 Å². The Morgan fingerprint density at radius 2 is 0.125 bits per heavy atom. The van der Waals surface area contributed by atoms with Crippen molar-refractivity contribution in [3.05, 3.63) is 0 Å². The summed E-state index contributed by atoms with van der Waals surface area (Å²) in [5.41, 5.74) is 0. The molecular weight excluding hydrogens is 399 g/mol. The van der Waals surface area contributed by atoms with E-state index in [0.29, 0.717) is 0 Å². The molecule has 0 saturated heterocycles. The Hall–Kier alpha value is 13.6. The van der Waals surface area contributed by atoms with E-state index in [0.717, 1.165) is 0 Å². The molecule has 0 saturated carbocycles. The predicted octanol–water partition coefficient (Wildman–Crippen LogP) is -35.6. The van der Waals surface area contributed by atoms with Gasteiger partial charge in [-0.2, -0.15) is 0 Å². The van der Waals surface area contributed by atoms with Crippen molar-refractivity contribution in [3.8, 4) is 0 Å². The van der Waals surface area contributed by atoms with Crippen molar-refractivity contribution in [2.45, 2.75) is 0 Å². The standard InChI is InChI=1S/8BH4.8K/h8*1H4;;;;;;;;/q8*-1;8*+1. The molecule has 0 aliphatic carbocycles. The number of hydrogen-bond donors (Lipinski definition) is 0. The minimum atomic E-state index is 0. The summed E-state index contributed by atoms with van der Waals surface area (Å²) < 4.78 is 0. The Morgan fingerprint density at radius 3 is 0.125 bits per heavy atom. The first-order valence-electron chi connectivity index (χ1n) is 0. The van der Waals surface area contributed by atoms with Gasteiger partial charge in [0.2, 0.25) is 0 Å². The monoisotopic (exact) mass is 432 g/mol. The molecule has 0 aliphatic rings. The zero-order chi connectivity index (χ0) is 0. The summed E-state index contributed by atoms with van der Waals surface area (Å²) in [5, 5.41) is 0. The number of hydrogen-bond acceptors (Lipinski definition) is 0. The van der Waals surface area contributed by atoms with E-state index in [9.17, 15) is 0 Å². The van der Waals surface area contributed by atoms with Crippen molar-refractivity contribution in [1.82, 2.24) is 0 Å². The van der Waals surface area contributed by atoms with Crippen LogP contribution in [0.5, 0.6) is 0 Å². The third-order valence-corrected chi connectivity index (χ3v) is 0. The largest absolute Gasteiger partial charge is 1.00 e. The van der Waals surface area contributed by atoms with Crippen LogP contribution in [0, 0.1) is 0 Å². The molecule has 0 atom stereocenters. The molecule has 0 fully saturated rings. The second kappa shape index (κ2) is 118. The second-order valence-electron chi connectivity index (χ2n) is 0. The Balaban J connectivity index is 0. The molecular formula is H32B8K8. The molecule has 0 spiro atoms. The van der Waals surface area contributed by atoms with Crippen molar-refractivity contribution in [2.75, 3.05) is 0 Å². The Bertz CT molecular complexity index is 16.0. The molecule has 0 nitrogen and oxygen atoms in total. The first-order valence-corrected chi connectivity index (χ1v) is 0. The van der Waals surface area contributed by atoms with E-state index < -0.39 is 0 Å². The van der Waals surface area contributed by atoms with Crippen LogP contribution in [0.1, 0.15) is 0 Å². The van der Waals surface area contributed by atoms with E-state index in [4.69, 9.17) is 0 Å². The zero-order valence-electron chi connectivity index (χ0n) is 8.00. The molecule has 0 aromatic rings. The fourth-order valence-electron chi connectivity index (χ4n) is 0. The van der Waals surface area contributed by atoms with Gasteiger partial charge in [0, 0.05) is 0 Å². The number of rotatable bonds is 0. The molecule has 0 aromatic heterocycles. The van der Waals surface area contributed by atoms with Crippen LogP contribution in [0.4, 0.5) is 0 Å². The Kier molecular flexibility index (Phi) is 963. The van der Waals surface area contributed by atoms with Crippen LogP contribution in [-0.2, 0) is 0 Å². The van der Waals surface area contributed by atoms with Gasteiger partial charge in [-0.1, -0.05) is 67.3 Å². The fourth-order valence-corrected chi connectivity index (χ4v) is 0. The van der Waals surface area contributed by atoms with Crippen LogP contribution in [-0.4, -0.2) is 67.3 Å². The van der Waals surface area contributed by atoms with Gasteiger partial charge in [-0.05, 0) is 0 Å². The van der Waals surface area contributed by atoms with E-state index in [1.165, 1.54) is 0 Å². The Morgan fingerprint density at radius 1 is 0.125 bits per heavy atom. The van der Waals surface area contributed by atoms with Gasteiger partial charge >= 0.3 is 411 Å². The summed E-state index contributed by atoms with van der Waals surface area (Å²) in [6.45, 7) is 0. The van der Waals surface area contributed by atoms with E-state index in [1.807, 2.05) is 0 Å². The molecule has 0 amide bonds. The van der Waals surface area contributed by atoms with E-state index in [1.54, 1.807) is 0 Å². The Labute approximate surface area is 459 Å². The summed E-state index contributed by atoms with van der Waals surface area (Å²) in [7, 11) is 0. The smallest absolute Gasteiger partial charge is 0.0626 e. The van der Waals surface area contributed by atoms with Gasteiger partial charge < -0.3 is 0 Å². The van der Waals surface area contributed by atoms with Crippen LogP contribution in [0.15, 0.2) is 0 Å². The zero-order valence-corrected chi connectivity index (χ0v) is 33.0. The molecule has 64 valence electrons. The minimum absolute atomic E-state index is 0. The van der Waals surface area contributed by atoms with Crippen LogP contribution < -0.4 is 411 Å². The summed E-state index contributed by atoms with van der Waals surface area (Å²) >= 11 is 0. The SMILES string of the molecule is [BH4-].[BH4-].[BH4-].[BH4-].[BH4-].[BH4-].[BH4-].[BH4-].[K+].[K+].[K+].[K+].[K+].[K+].[K+].[K+]. The van der Waals surface area contributed by atoms with Crippen molar-refractivity contribution in [2.24, 2.45) is 0 Å². The van der Waals surface area contributed by atoms with Gasteiger partial charge in [-0.3, -0.25) is 0 Å². The molecule has 0 aliphatic heterocycles. The normalized spacial score (nSPS) is 0. The summed E-state index contributed by atoms with van der Waals surface area (Å²) in [4.78, 5) is 0. The van der Waals surface area contributed by atoms with Crippen LogP contribution in [0.3, 0.4) is 0 Å². The van der Waals surface area contributed by atoms with Crippen LogP contribution in [0.2, 0.25) is 0 Å².